The molecule has 0 aliphatic carbocycles. The van der Waals surface area contributed by atoms with Crippen molar-refractivity contribution in [2.75, 3.05) is 18.9 Å². The van der Waals surface area contributed by atoms with Gasteiger partial charge >= 0.3 is 5.97 Å². The van der Waals surface area contributed by atoms with Gasteiger partial charge in [-0.1, -0.05) is 19.1 Å². The zero-order valence-electron chi connectivity index (χ0n) is 12.0. The highest BCUT2D eigenvalue weighted by Gasteiger charge is 2.37. The molecule has 0 heterocycles. The molecule has 0 saturated heterocycles. The van der Waals surface area contributed by atoms with Crippen LogP contribution in [0.1, 0.15) is 31.4 Å². The summed E-state index contributed by atoms with van der Waals surface area (Å²) in [4.78, 5) is 12.2. The molecule has 4 heteroatoms. The Bertz CT molecular complexity index is 440. The van der Waals surface area contributed by atoms with E-state index in [1.54, 1.807) is 6.92 Å². The third kappa shape index (κ3) is 3.26. The highest BCUT2D eigenvalue weighted by molar-refractivity contribution is 5.77. The Labute approximate surface area is 115 Å². The maximum absolute atomic E-state index is 12.2. The number of carbonyl (C=O) groups excluding carboxylic acids is 1. The lowest BCUT2D eigenvalue weighted by Gasteiger charge is -2.29. The quantitative estimate of drug-likeness (QED) is 0.609. The van der Waals surface area contributed by atoms with Crippen molar-refractivity contribution in [3.05, 3.63) is 29.3 Å². The van der Waals surface area contributed by atoms with E-state index in [-0.39, 0.29) is 12.5 Å². The van der Waals surface area contributed by atoms with Gasteiger partial charge in [0.25, 0.3) is 0 Å². The first-order chi connectivity index (χ1) is 9.00. The molecule has 0 saturated carbocycles. The van der Waals surface area contributed by atoms with Gasteiger partial charge in [-0.3, -0.25) is 4.79 Å². The van der Waals surface area contributed by atoms with Gasteiger partial charge in [0.2, 0.25) is 0 Å². The van der Waals surface area contributed by atoms with Crippen LogP contribution in [0.25, 0.3) is 0 Å². The second kappa shape index (κ2) is 6.57. The van der Waals surface area contributed by atoms with Gasteiger partial charge in [0.05, 0.1) is 12.0 Å². The zero-order chi connectivity index (χ0) is 14.5. The van der Waals surface area contributed by atoms with Crippen molar-refractivity contribution in [1.82, 2.24) is 0 Å². The Morgan fingerprint density at radius 2 is 2.05 bits per heavy atom. The molecule has 0 amide bonds. The number of carbonyl (C=O) groups is 1. The maximum Gasteiger partial charge on any atom is 0.313 e. The molecular weight excluding hydrogens is 240 g/mol. The van der Waals surface area contributed by atoms with Crippen molar-refractivity contribution in [2.45, 2.75) is 33.6 Å². The van der Waals surface area contributed by atoms with E-state index < -0.39 is 5.41 Å². The minimum atomic E-state index is -0.658. The van der Waals surface area contributed by atoms with Crippen LogP contribution in [-0.2, 0) is 16.0 Å². The summed E-state index contributed by atoms with van der Waals surface area (Å²) in [5.74, 6) is -0.221. The first-order valence-electron chi connectivity index (χ1n) is 6.72. The van der Waals surface area contributed by atoms with Crippen molar-refractivity contribution in [2.24, 2.45) is 11.1 Å². The zero-order valence-corrected chi connectivity index (χ0v) is 12.0. The van der Waals surface area contributed by atoms with Gasteiger partial charge in [0.1, 0.15) is 0 Å². The third-order valence-corrected chi connectivity index (χ3v) is 3.79. The highest BCUT2D eigenvalue weighted by atomic mass is 16.5. The Balaban J connectivity index is 3.08. The molecule has 1 aromatic carbocycles. The average Bonchev–Trinajstić information content (AvgIpc) is 2.41. The lowest BCUT2D eigenvalue weighted by molar-refractivity contribution is -0.155. The summed E-state index contributed by atoms with van der Waals surface area (Å²) >= 11 is 0. The van der Waals surface area contributed by atoms with Gasteiger partial charge < -0.3 is 16.2 Å². The number of nitrogens with two attached hydrogens (primary N) is 2. The van der Waals surface area contributed by atoms with Crippen LogP contribution in [-0.4, -0.2) is 19.1 Å². The van der Waals surface area contributed by atoms with Crippen LogP contribution >= 0.6 is 0 Å². The molecule has 0 aromatic heterocycles. The van der Waals surface area contributed by atoms with Crippen molar-refractivity contribution >= 4 is 11.7 Å². The largest absolute Gasteiger partial charge is 0.466 e. The van der Waals surface area contributed by atoms with E-state index in [2.05, 4.69) is 0 Å². The molecule has 0 radical (unpaired) electrons. The third-order valence-electron chi connectivity index (χ3n) is 3.79. The number of benzene rings is 1. The fourth-order valence-electron chi connectivity index (χ4n) is 2.18. The van der Waals surface area contributed by atoms with E-state index in [9.17, 15) is 4.79 Å². The standard InChI is InChI=1S/C15H24N2O2/c1-4-15(10-16,14(18)19-5-2)9-12-7-6-8-13(17)11(12)3/h6-8H,4-5,9-10,16-17H2,1-3H3. The summed E-state index contributed by atoms with van der Waals surface area (Å²) in [6.45, 7) is 6.38. The van der Waals surface area contributed by atoms with E-state index in [0.29, 0.717) is 19.4 Å². The van der Waals surface area contributed by atoms with Crippen molar-refractivity contribution in [3.63, 3.8) is 0 Å². The number of esters is 1. The van der Waals surface area contributed by atoms with Gasteiger partial charge in [-0.2, -0.15) is 0 Å². The molecule has 4 N–H and O–H groups in total. The van der Waals surface area contributed by atoms with Crippen molar-refractivity contribution in [1.29, 1.82) is 0 Å². The molecule has 1 rings (SSSR count). The van der Waals surface area contributed by atoms with Crippen LogP contribution in [0.3, 0.4) is 0 Å². The van der Waals surface area contributed by atoms with Gasteiger partial charge in [-0.05, 0) is 43.9 Å². The SMILES string of the molecule is CCOC(=O)C(CC)(CN)Cc1cccc(N)c1C. The second-order valence-electron chi connectivity index (χ2n) is 4.87. The van der Waals surface area contributed by atoms with Crippen molar-refractivity contribution < 1.29 is 9.53 Å². The number of ether oxygens (including phenoxy) is 1. The predicted octanol–water partition coefficient (Wildman–Crippen LogP) is 2.04. The molecule has 0 aliphatic rings. The number of nitrogen functional groups attached to an aromatic ring is 1. The monoisotopic (exact) mass is 264 g/mol. The fraction of sp³-hybridized carbons (Fsp3) is 0.533. The first kappa shape index (κ1) is 15.5. The number of hydrogen-bond donors (Lipinski definition) is 2. The molecule has 0 fully saturated rings. The van der Waals surface area contributed by atoms with E-state index in [1.165, 1.54) is 0 Å². The molecule has 1 aromatic rings. The fourth-order valence-corrected chi connectivity index (χ4v) is 2.18. The van der Waals surface area contributed by atoms with Crippen LogP contribution < -0.4 is 11.5 Å². The normalized spacial score (nSPS) is 13.9. The molecule has 1 unspecified atom stereocenters. The van der Waals surface area contributed by atoms with Crippen LogP contribution in [0.5, 0.6) is 0 Å². The average molecular weight is 264 g/mol. The Hall–Kier alpha value is -1.55. The van der Waals surface area contributed by atoms with E-state index in [0.717, 1.165) is 16.8 Å². The maximum atomic E-state index is 12.2. The lowest BCUT2D eigenvalue weighted by atomic mass is 9.78. The van der Waals surface area contributed by atoms with Crippen LogP contribution in [0.2, 0.25) is 0 Å². The first-order valence-corrected chi connectivity index (χ1v) is 6.72. The topological polar surface area (TPSA) is 78.3 Å². The lowest BCUT2D eigenvalue weighted by Crippen LogP contribution is -2.41. The molecular formula is C15H24N2O2. The predicted molar refractivity (Wildman–Crippen MR) is 77.7 cm³/mol. The molecule has 0 aliphatic heterocycles. The summed E-state index contributed by atoms with van der Waals surface area (Å²) in [6.07, 6.45) is 1.21. The number of hydrogen-bond acceptors (Lipinski definition) is 4. The minimum Gasteiger partial charge on any atom is -0.466 e. The molecule has 0 bridgehead atoms. The Morgan fingerprint density at radius 1 is 1.37 bits per heavy atom. The van der Waals surface area contributed by atoms with E-state index >= 15 is 0 Å². The van der Waals surface area contributed by atoms with E-state index in [4.69, 9.17) is 16.2 Å². The summed E-state index contributed by atoms with van der Waals surface area (Å²) in [5, 5.41) is 0. The van der Waals surface area contributed by atoms with Gasteiger partial charge in [0, 0.05) is 12.2 Å². The minimum absolute atomic E-state index is 0.221. The molecule has 0 spiro atoms. The summed E-state index contributed by atoms with van der Waals surface area (Å²) < 4.78 is 5.18. The number of rotatable bonds is 6. The summed E-state index contributed by atoms with van der Waals surface area (Å²) in [7, 11) is 0. The molecule has 19 heavy (non-hydrogen) atoms. The molecule has 1 atom stereocenters. The smallest absolute Gasteiger partial charge is 0.313 e. The summed E-state index contributed by atoms with van der Waals surface area (Å²) in [5.41, 5.74) is 13.9. The van der Waals surface area contributed by atoms with Crippen LogP contribution in [0, 0.1) is 12.3 Å². The second-order valence-corrected chi connectivity index (χ2v) is 4.87. The Kier molecular flexibility index (Phi) is 5.36. The van der Waals surface area contributed by atoms with Crippen LogP contribution in [0.15, 0.2) is 18.2 Å². The molecule has 106 valence electrons. The van der Waals surface area contributed by atoms with Gasteiger partial charge in [0.15, 0.2) is 0 Å². The van der Waals surface area contributed by atoms with Gasteiger partial charge in [-0.15, -0.1) is 0 Å². The number of anilines is 1. The van der Waals surface area contributed by atoms with Crippen LogP contribution in [0.4, 0.5) is 5.69 Å². The van der Waals surface area contributed by atoms with E-state index in [1.807, 2.05) is 32.0 Å². The Morgan fingerprint density at radius 3 is 2.58 bits per heavy atom. The highest BCUT2D eigenvalue weighted by Crippen LogP contribution is 2.30. The summed E-state index contributed by atoms with van der Waals surface area (Å²) in [6, 6.07) is 5.75. The van der Waals surface area contributed by atoms with Crippen molar-refractivity contribution in [3.8, 4) is 0 Å². The molecule has 4 nitrogen and oxygen atoms in total. The van der Waals surface area contributed by atoms with Gasteiger partial charge in [-0.25, -0.2) is 0 Å².